The van der Waals surface area contributed by atoms with E-state index in [1.165, 1.54) is 4.90 Å². The third-order valence-corrected chi connectivity index (χ3v) is 4.44. The largest absolute Gasteiger partial charge is 0.493 e. The third-order valence-electron chi connectivity index (χ3n) is 4.44. The van der Waals surface area contributed by atoms with Gasteiger partial charge in [-0.25, -0.2) is 0 Å². The molecule has 6 nitrogen and oxygen atoms in total. The molecule has 2 amide bonds. The molecule has 0 aromatic heterocycles. The molecule has 154 valence electrons. The average Bonchev–Trinajstić information content (AvgIpc) is 2.72. The van der Waals surface area contributed by atoms with Gasteiger partial charge in [-0.05, 0) is 42.2 Å². The van der Waals surface area contributed by atoms with Crippen LogP contribution in [0, 0.1) is 0 Å². The van der Waals surface area contributed by atoms with Crippen LogP contribution in [0.5, 0.6) is 11.5 Å². The molecule has 0 saturated carbocycles. The molecule has 0 aliphatic carbocycles. The number of amides is 2. The minimum Gasteiger partial charge on any atom is -0.493 e. The highest BCUT2D eigenvalue weighted by Gasteiger charge is 2.16. The summed E-state index contributed by atoms with van der Waals surface area (Å²) in [4.78, 5) is 26.0. The van der Waals surface area contributed by atoms with Gasteiger partial charge in [0.15, 0.2) is 18.1 Å². The molecule has 0 atom stereocenters. The third kappa shape index (κ3) is 6.38. The van der Waals surface area contributed by atoms with Crippen LogP contribution in [-0.2, 0) is 22.4 Å². The summed E-state index contributed by atoms with van der Waals surface area (Å²) in [6.45, 7) is 5.49. The number of nitrogens with zero attached hydrogens (tertiary/aromatic N) is 1. The number of allylic oxidation sites excluding steroid dienone is 1. The molecule has 0 saturated heterocycles. The molecule has 0 radical (unpaired) electrons. The van der Waals surface area contributed by atoms with Gasteiger partial charge >= 0.3 is 0 Å². The standard InChI is InChI=1S/C23H28N2O4/c1-5-9-17-12-13-20(21(14-17)28-4)29-16-23(27)25(3)15-22(26)24-19-11-8-7-10-18(19)6-2/h5,7-8,10-14H,1,6,9,15-16H2,2-4H3,(H,24,26). The predicted octanol–water partition coefficient (Wildman–Crippen LogP) is 3.46. The Hall–Kier alpha value is -3.28. The summed E-state index contributed by atoms with van der Waals surface area (Å²) in [6, 6.07) is 13.1. The quantitative estimate of drug-likeness (QED) is 0.625. The van der Waals surface area contributed by atoms with Gasteiger partial charge in [-0.2, -0.15) is 0 Å². The van der Waals surface area contributed by atoms with Crippen LogP contribution in [0.1, 0.15) is 18.1 Å². The number of aryl methyl sites for hydroxylation is 1. The second-order valence-corrected chi connectivity index (χ2v) is 6.58. The SMILES string of the molecule is C=CCc1ccc(OCC(=O)N(C)CC(=O)Nc2ccccc2CC)c(OC)c1. The molecule has 0 fully saturated rings. The molecule has 0 aliphatic heterocycles. The zero-order valence-corrected chi connectivity index (χ0v) is 17.2. The maximum Gasteiger partial charge on any atom is 0.260 e. The van der Waals surface area contributed by atoms with Gasteiger partial charge in [-0.3, -0.25) is 9.59 Å². The first kappa shape index (κ1) is 22.0. The van der Waals surface area contributed by atoms with Crippen molar-refractivity contribution in [3.05, 3.63) is 66.2 Å². The molecule has 0 unspecified atom stereocenters. The Balaban J connectivity index is 1.90. The number of anilines is 1. The first-order valence-electron chi connectivity index (χ1n) is 9.50. The number of ether oxygens (including phenoxy) is 2. The van der Waals surface area contributed by atoms with Gasteiger partial charge in [-0.1, -0.05) is 37.3 Å². The molecule has 6 heteroatoms. The lowest BCUT2D eigenvalue weighted by molar-refractivity contribution is -0.135. The maximum absolute atomic E-state index is 12.4. The Bertz CT molecular complexity index is 864. The number of carbonyl (C=O) groups excluding carboxylic acids is 2. The number of para-hydroxylation sites is 1. The van der Waals surface area contributed by atoms with E-state index in [9.17, 15) is 9.59 Å². The van der Waals surface area contributed by atoms with E-state index in [4.69, 9.17) is 9.47 Å². The second-order valence-electron chi connectivity index (χ2n) is 6.58. The van der Waals surface area contributed by atoms with Gasteiger partial charge in [0.2, 0.25) is 5.91 Å². The lowest BCUT2D eigenvalue weighted by atomic mass is 10.1. The van der Waals surface area contributed by atoms with Crippen molar-refractivity contribution in [3.8, 4) is 11.5 Å². The lowest BCUT2D eigenvalue weighted by Gasteiger charge is -2.18. The molecule has 29 heavy (non-hydrogen) atoms. The highest BCUT2D eigenvalue weighted by molar-refractivity contribution is 5.95. The average molecular weight is 396 g/mol. The Kier molecular flexibility index (Phi) is 8.27. The topological polar surface area (TPSA) is 67.9 Å². The second kappa shape index (κ2) is 10.9. The van der Waals surface area contributed by atoms with E-state index in [2.05, 4.69) is 11.9 Å². The minimum absolute atomic E-state index is 0.0599. The van der Waals surface area contributed by atoms with Gasteiger partial charge in [0.05, 0.1) is 13.7 Å². The van der Waals surface area contributed by atoms with E-state index in [0.717, 1.165) is 23.2 Å². The van der Waals surface area contributed by atoms with Crippen LogP contribution in [0.25, 0.3) is 0 Å². The van der Waals surface area contributed by atoms with E-state index in [-0.39, 0.29) is 25.0 Å². The maximum atomic E-state index is 12.4. The Labute approximate surface area is 172 Å². The number of rotatable bonds is 10. The summed E-state index contributed by atoms with van der Waals surface area (Å²) < 4.78 is 10.9. The molecular weight excluding hydrogens is 368 g/mol. The molecule has 2 rings (SSSR count). The first-order chi connectivity index (χ1) is 14.0. The highest BCUT2D eigenvalue weighted by atomic mass is 16.5. The van der Waals surface area contributed by atoms with Gasteiger partial charge in [-0.15, -0.1) is 6.58 Å². The zero-order chi connectivity index (χ0) is 21.2. The van der Waals surface area contributed by atoms with Crippen molar-refractivity contribution in [3.63, 3.8) is 0 Å². The smallest absolute Gasteiger partial charge is 0.260 e. The van der Waals surface area contributed by atoms with Crippen molar-refractivity contribution >= 4 is 17.5 Å². The summed E-state index contributed by atoms with van der Waals surface area (Å²) in [7, 11) is 3.12. The molecule has 0 aliphatic rings. The molecule has 0 bridgehead atoms. The van der Waals surface area contributed by atoms with E-state index in [1.807, 2.05) is 43.3 Å². The van der Waals surface area contributed by atoms with Gasteiger partial charge in [0.1, 0.15) is 0 Å². The summed E-state index contributed by atoms with van der Waals surface area (Å²) in [5.74, 6) is 0.464. The fourth-order valence-electron chi connectivity index (χ4n) is 2.82. The number of benzene rings is 2. The molecule has 1 N–H and O–H groups in total. The van der Waals surface area contributed by atoms with Crippen molar-refractivity contribution < 1.29 is 19.1 Å². The Morgan fingerprint density at radius 3 is 2.62 bits per heavy atom. The van der Waals surface area contributed by atoms with E-state index in [0.29, 0.717) is 17.9 Å². The number of hydrogen-bond acceptors (Lipinski definition) is 4. The Morgan fingerprint density at radius 2 is 1.93 bits per heavy atom. The monoisotopic (exact) mass is 396 g/mol. The van der Waals surface area contributed by atoms with E-state index >= 15 is 0 Å². The zero-order valence-electron chi connectivity index (χ0n) is 17.2. The summed E-state index contributed by atoms with van der Waals surface area (Å²) in [5, 5.41) is 2.86. The molecule has 0 heterocycles. The fourth-order valence-corrected chi connectivity index (χ4v) is 2.82. The molecule has 2 aromatic carbocycles. The van der Waals surface area contributed by atoms with Crippen LogP contribution in [0.15, 0.2) is 55.1 Å². The van der Waals surface area contributed by atoms with Crippen molar-refractivity contribution in [1.82, 2.24) is 4.90 Å². The lowest BCUT2D eigenvalue weighted by Crippen LogP contribution is -2.37. The van der Waals surface area contributed by atoms with Crippen LogP contribution in [0.2, 0.25) is 0 Å². The van der Waals surface area contributed by atoms with Crippen molar-refractivity contribution in [1.29, 1.82) is 0 Å². The molecule has 2 aromatic rings. The van der Waals surface area contributed by atoms with Crippen molar-refractivity contribution in [2.75, 3.05) is 32.6 Å². The number of carbonyl (C=O) groups is 2. The molecular formula is C23H28N2O4. The normalized spacial score (nSPS) is 10.2. The van der Waals surface area contributed by atoms with Crippen molar-refractivity contribution in [2.24, 2.45) is 0 Å². The van der Waals surface area contributed by atoms with E-state index in [1.54, 1.807) is 26.3 Å². The highest BCUT2D eigenvalue weighted by Crippen LogP contribution is 2.28. The molecule has 0 spiro atoms. The van der Waals surface area contributed by atoms with Crippen LogP contribution >= 0.6 is 0 Å². The fraction of sp³-hybridized carbons (Fsp3) is 0.304. The number of likely N-dealkylation sites (N-methyl/N-ethyl adjacent to an activating group) is 1. The summed E-state index contributed by atoms with van der Waals surface area (Å²) in [6.07, 6.45) is 3.33. The first-order valence-corrected chi connectivity index (χ1v) is 9.50. The van der Waals surface area contributed by atoms with Crippen molar-refractivity contribution in [2.45, 2.75) is 19.8 Å². The predicted molar refractivity (Wildman–Crippen MR) is 114 cm³/mol. The summed E-state index contributed by atoms with van der Waals surface area (Å²) in [5.41, 5.74) is 2.85. The number of hydrogen-bond donors (Lipinski definition) is 1. The number of methoxy groups -OCH3 is 1. The summed E-state index contributed by atoms with van der Waals surface area (Å²) >= 11 is 0. The number of nitrogens with one attached hydrogen (secondary N) is 1. The van der Waals surface area contributed by atoms with Gasteiger partial charge < -0.3 is 19.7 Å². The minimum atomic E-state index is -0.304. The van der Waals surface area contributed by atoms with Crippen LogP contribution in [-0.4, -0.2) is 44.0 Å². The Morgan fingerprint density at radius 1 is 1.17 bits per heavy atom. The van der Waals surface area contributed by atoms with Crippen LogP contribution < -0.4 is 14.8 Å². The van der Waals surface area contributed by atoms with E-state index < -0.39 is 0 Å². The van der Waals surface area contributed by atoms with Crippen LogP contribution in [0.4, 0.5) is 5.69 Å². The van der Waals surface area contributed by atoms with Gasteiger partial charge in [0.25, 0.3) is 5.91 Å². The van der Waals surface area contributed by atoms with Crippen LogP contribution in [0.3, 0.4) is 0 Å². The van der Waals surface area contributed by atoms with Gasteiger partial charge in [0, 0.05) is 12.7 Å².